The van der Waals surface area contributed by atoms with Gasteiger partial charge in [-0.3, -0.25) is 9.59 Å². The summed E-state index contributed by atoms with van der Waals surface area (Å²) < 4.78 is 4.98. The molecule has 2 amide bonds. The highest BCUT2D eigenvalue weighted by atomic mass is 16.5. The molecule has 1 aromatic carbocycles. The van der Waals surface area contributed by atoms with E-state index in [4.69, 9.17) is 4.74 Å². The van der Waals surface area contributed by atoms with Crippen LogP contribution in [0.25, 0.3) is 0 Å². The maximum absolute atomic E-state index is 12.7. The molecular weight excluding hydrogens is 330 g/mol. The molecule has 0 aliphatic carbocycles. The molecule has 0 radical (unpaired) electrons. The van der Waals surface area contributed by atoms with Crippen LogP contribution in [-0.4, -0.2) is 35.4 Å². The Kier molecular flexibility index (Phi) is 5.21. The number of carbonyl (C=O) groups excluding carboxylic acids is 2. The van der Waals surface area contributed by atoms with Gasteiger partial charge in [-0.25, -0.2) is 4.98 Å². The zero-order chi connectivity index (χ0) is 18.7. The Balaban J connectivity index is 1.72. The van der Waals surface area contributed by atoms with Gasteiger partial charge >= 0.3 is 11.8 Å². The number of hydrogen-bond donors (Lipinski definition) is 1. The van der Waals surface area contributed by atoms with Gasteiger partial charge in [0.15, 0.2) is 0 Å². The lowest BCUT2D eigenvalue weighted by Crippen LogP contribution is -2.39. The number of pyridine rings is 1. The van der Waals surface area contributed by atoms with Crippen LogP contribution < -0.4 is 10.1 Å². The summed E-state index contributed by atoms with van der Waals surface area (Å²) in [5, 5.41) is 2.61. The Morgan fingerprint density at radius 1 is 1.19 bits per heavy atom. The van der Waals surface area contributed by atoms with Gasteiger partial charge in [-0.2, -0.15) is 0 Å². The molecule has 3 rings (SSSR count). The Morgan fingerprint density at radius 3 is 2.65 bits per heavy atom. The van der Waals surface area contributed by atoms with Crippen LogP contribution in [0.4, 0.5) is 5.69 Å². The number of amides is 2. The van der Waals surface area contributed by atoms with Crippen LogP contribution in [0, 0.1) is 13.8 Å². The summed E-state index contributed by atoms with van der Waals surface area (Å²) in [6, 6.07) is 9.45. The van der Waals surface area contributed by atoms with Gasteiger partial charge in [0.1, 0.15) is 0 Å². The van der Waals surface area contributed by atoms with E-state index in [-0.39, 0.29) is 6.04 Å². The Hall–Kier alpha value is -2.89. The highest BCUT2D eigenvalue weighted by Crippen LogP contribution is 2.33. The number of rotatable bonds is 3. The zero-order valence-electron chi connectivity index (χ0n) is 15.3. The molecule has 1 fully saturated rings. The minimum atomic E-state index is -0.646. The standard InChI is InChI=1S/C20H23N3O3/c1-13-6-7-15(11-14(13)2)17-5-4-10-23(17)20(25)19(24)22-16-8-9-18(26-3)21-12-16/h6-9,11-12,17H,4-5,10H2,1-3H3,(H,22,24). The number of nitrogens with zero attached hydrogens (tertiary/aromatic N) is 2. The van der Waals surface area contributed by atoms with Crippen molar-refractivity contribution in [2.75, 3.05) is 19.0 Å². The minimum Gasteiger partial charge on any atom is -0.481 e. The first-order valence-corrected chi connectivity index (χ1v) is 8.68. The predicted molar refractivity (Wildman–Crippen MR) is 99.0 cm³/mol. The number of methoxy groups -OCH3 is 1. The molecule has 6 heteroatoms. The lowest BCUT2D eigenvalue weighted by molar-refractivity contribution is -0.143. The Labute approximate surface area is 153 Å². The van der Waals surface area contributed by atoms with Gasteiger partial charge in [0, 0.05) is 12.6 Å². The van der Waals surface area contributed by atoms with E-state index in [1.807, 2.05) is 6.07 Å². The molecule has 1 aliphatic heterocycles. The summed E-state index contributed by atoms with van der Waals surface area (Å²) in [4.78, 5) is 30.8. The first-order valence-electron chi connectivity index (χ1n) is 8.68. The third kappa shape index (κ3) is 3.69. The molecule has 6 nitrogen and oxygen atoms in total. The number of aryl methyl sites for hydroxylation is 2. The first kappa shape index (κ1) is 17.9. The number of hydrogen-bond acceptors (Lipinski definition) is 4. The molecule has 2 aromatic rings. The molecule has 2 heterocycles. The maximum Gasteiger partial charge on any atom is 0.313 e. The molecule has 0 spiro atoms. The van der Waals surface area contributed by atoms with Crippen molar-refractivity contribution in [1.82, 2.24) is 9.88 Å². The molecule has 1 unspecified atom stereocenters. The monoisotopic (exact) mass is 353 g/mol. The van der Waals surface area contributed by atoms with Gasteiger partial charge in [-0.05, 0) is 49.4 Å². The fourth-order valence-corrected chi connectivity index (χ4v) is 3.22. The SMILES string of the molecule is COc1ccc(NC(=O)C(=O)N2CCCC2c2ccc(C)c(C)c2)cn1. The van der Waals surface area contributed by atoms with E-state index in [0.29, 0.717) is 18.1 Å². The highest BCUT2D eigenvalue weighted by Gasteiger charge is 2.33. The molecule has 1 N–H and O–H groups in total. The van der Waals surface area contributed by atoms with Gasteiger partial charge in [-0.1, -0.05) is 18.2 Å². The normalized spacial score (nSPS) is 16.4. The predicted octanol–water partition coefficient (Wildman–Crippen LogP) is 3.01. The van der Waals surface area contributed by atoms with Crippen LogP contribution in [0.15, 0.2) is 36.5 Å². The van der Waals surface area contributed by atoms with Crippen molar-refractivity contribution in [3.05, 3.63) is 53.2 Å². The number of likely N-dealkylation sites (tertiary alicyclic amines) is 1. The molecule has 136 valence electrons. The molecule has 1 atom stereocenters. The van der Waals surface area contributed by atoms with Gasteiger partial charge in [0.2, 0.25) is 5.88 Å². The van der Waals surface area contributed by atoms with E-state index in [0.717, 1.165) is 18.4 Å². The summed E-state index contributed by atoms with van der Waals surface area (Å²) in [5.41, 5.74) is 3.95. The fourth-order valence-electron chi connectivity index (χ4n) is 3.22. The van der Waals surface area contributed by atoms with Gasteiger partial charge < -0.3 is 15.0 Å². The Morgan fingerprint density at radius 2 is 2.00 bits per heavy atom. The van der Waals surface area contributed by atoms with Crippen molar-refractivity contribution in [2.24, 2.45) is 0 Å². The van der Waals surface area contributed by atoms with Crippen molar-refractivity contribution in [1.29, 1.82) is 0 Å². The number of anilines is 1. The number of nitrogens with one attached hydrogen (secondary N) is 1. The third-order valence-corrected chi connectivity index (χ3v) is 4.83. The van der Waals surface area contributed by atoms with E-state index >= 15 is 0 Å². The molecule has 1 saturated heterocycles. The summed E-state index contributed by atoms with van der Waals surface area (Å²) in [6.07, 6.45) is 3.22. The van der Waals surface area contributed by atoms with Crippen LogP contribution >= 0.6 is 0 Å². The smallest absolute Gasteiger partial charge is 0.313 e. The highest BCUT2D eigenvalue weighted by molar-refractivity contribution is 6.39. The maximum atomic E-state index is 12.7. The number of carbonyl (C=O) groups is 2. The van der Waals surface area contributed by atoms with Crippen molar-refractivity contribution in [2.45, 2.75) is 32.7 Å². The van der Waals surface area contributed by atoms with Gasteiger partial charge in [0.05, 0.1) is 25.0 Å². The second-order valence-corrected chi connectivity index (χ2v) is 6.54. The summed E-state index contributed by atoms with van der Waals surface area (Å²) in [5.74, 6) is -0.710. The van der Waals surface area contributed by atoms with E-state index in [2.05, 4.69) is 36.3 Å². The minimum absolute atomic E-state index is 0.0541. The lowest BCUT2D eigenvalue weighted by Gasteiger charge is -2.25. The van der Waals surface area contributed by atoms with Crippen LogP contribution in [-0.2, 0) is 9.59 Å². The van der Waals surface area contributed by atoms with Gasteiger partial charge in [-0.15, -0.1) is 0 Å². The van der Waals surface area contributed by atoms with Crippen LogP contribution in [0.2, 0.25) is 0 Å². The zero-order valence-corrected chi connectivity index (χ0v) is 15.3. The number of aromatic nitrogens is 1. The lowest BCUT2D eigenvalue weighted by atomic mass is 9.99. The average Bonchev–Trinajstić information content (AvgIpc) is 3.13. The third-order valence-electron chi connectivity index (χ3n) is 4.83. The topological polar surface area (TPSA) is 71.5 Å². The molecule has 0 bridgehead atoms. The van der Waals surface area contributed by atoms with Gasteiger partial charge in [0.25, 0.3) is 0 Å². The van der Waals surface area contributed by atoms with E-state index in [1.165, 1.54) is 24.4 Å². The Bertz CT molecular complexity index is 818. The molecule has 1 aliphatic rings. The quantitative estimate of drug-likeness (QED) is 0.861. The van der Waals surface area contributed by atoms with Crippen LogP contribution in [0.3, 0.4) is 0 Å². The average molecular weight is 353 g/mol. The van der Waals surface area contributed by atoms with E-state index in [9.17, 15) is 9.59 Å². The largest absolute Gasteiger partial charge is 0.481 e. The number of ether oxygens (including phenoxy) is 1. The van der Waals surface area contributed by atoms with Crippen molar-refractivity contribution >= 4 is 17.5 Å². The molecular formula is C20H23N3O3. The molecule has 1 aromatic heterocycles. The van der Waals surface area contributed by atoms with Crippen LogP contribution in [0.1, 0.15) is 35.6 Å². The molecule has 0 saturated carbocycles. The van der Waals surface area contributed by atoms with Crippen molar-refractivity contribution in [3.63, 3.8) is 0 Å². The van der Waals surface area contributed by atoms with E-state index in [1.54, 1.807) is 17.0 Å². The second kappa shape index (κ2) is 7.56. The van der Waals surface area contributed by atoms with Crippen molar-refractivity contribution < 1.29 is 14.3 Å². The molecule has 26 heavy (non-hydrogen) atoms. The van der Waals surface area contributed by atoms with Crippen molar-refractivity contribution in [3.8, 4) is 5.88 Å². The number of benzene rings is 1. The van der Waals surface area contributed by atoms with Crippen LogP contribution in [0.5, 0.6) is 5.88 Å². The summed E-state index contributed by atoms with van der Waals surface area (Å²) in [6.45, 7) is 4.71. The second-order valence-electron chi connectivity index (χ2n) is 6.54. The van der Waals surface area contributed by atoms with E-state index < -0.39 is 11.8 Å². The summed E-state index contributed by atoms with van der Waals surface area (Å²) >= 11 is 0. The fraction of sp³-hybridized carbons (Fsp3) is 0.350. The first-order chi connectivity index (χ1) is 12.5. The summed E-state index contributed by atoms with van der Waals surface area (Å²) in [7, 11) is 1.52.